The van der Waals surface area contributed by atoms with Gasteiger partial charge in [0.15, 0.2) is 0 Å². The van der Waals surface area contributed by atoms with Crippen LogP contribution in [-0.2, 0) is 24.4 Å². The van der Waals surface area contributed by atoms with Crippen LogP contribution in [0.25, 0.3) is 0 Å². The Balaban J connectivity index is 1.46. The van der Waals surface area contributed by atoms with Crippen LogP contribution in [0.5, 0.6) is 0 Å². The molecule has 3 amide bonds. The van der Waals surface area contributed by atoms with Gasteiger partial charge < -0.3 is 16.0 Å². The Morgan fingerprint density at radius 2 is 1.82 bits per heavy atom. The van der Waals surface area contributed by atoms with Gasteiger partial charge in [-0.1, -0.05) is 25.3 Å². The molecule has 4 rings (SSSR count). The number of carbonyl (C=O) groups is 3. The molecule has 1 heterocycles. The average Bonchev–Trinajstić information content (AvgIpc) is 3.70. The number of hydrogen-bond donors (Lipinski definition) is 3. The molecule has 0 aromatic heterocycles. The number of nitrogens with two attached hydrogens (primary N) is 1. The Labute approximate surface area is 199 Å². The number of likely N-dealkylation sites (tertiary alicyclic amines) is 1. The van der Waals surface area contributed by atoms with E-state index in [1.54, 1.807) is 0 Å². The number of hydrogen-bond acceptors (Lipinski definition) is 6. The number of carbonyl (C=O) groups excluding carboxylic acids is 3. The molecule has 3 aliphatic carbocycles. The first-order valence-electron chi connectivity index (χ1n) is 11.8. The van der Waals surface area contributed by atoms with E-state index in [-0.39, 0.29) is 31.2 Å². The van der Waals surface area contributed by atoms with Crippen LogP contribution in [0.2, 0.25) is 0 Å². The van der Waals surface area contributed by atoms with E-state index < -0.39 is 56.0 Å². The molecule has 5 atom stereocenters. The van der Waals surface area contributed by atoms with Gasteiger partial charge in [-0.05, 0) is 44.4 Å². The van der Waals surface area contributed by atoms with Gasteiger partial charge in [-0.2, -0.15) is 0 Å². The van der Waals surface area contributed by atoms with E-state index in [0.29, 0.717) is 12.8 Å². The second-order valence-corrected chi connectivity index (χ2v) is 12.5. The zero-order valence-corrected chi connectivity index (χ0v) is 20.2. The Morgan fingerprint density at radius 3 is 2.39 bits per heavy atom. The third kappa shape index (κ3) is 4.93. The minimum atomic E-state index is -3.76. The van der Waals surface area contributed by atoms with Gasteiger partial charge in [0.25, 0.3) is 5.91 Å². The van der Waals surface area contributed by atoms with Crippen LogP contribution in [-0.4, -0.2) is 65.8 Å². The van der Waals surface area contributed by atoms with Gasteiger partial charge in [-0.25, -0.2) is 8.42 Å². The van der Waals surface area contributed by atoms with Crippen LogP contribution in [0, 0.1) is 11.8 Å². The van der Waals surface area contributed by atoms with Crippen molar-refractivity contribution in [2.24, 2.45) is 17.6 Å². The third-order valence-corrected chi connectivity index (χ3v) is 9.66. The highest BCUT2D eigenvalue weighted by atomic mass is 35.5. The first kappa shape index (κ1) is 24.5. The second-order valence-electron chi connectivity index (χ2n) is 9.95. The van der Waals surface area contributed by atoms with Crippen LogP contribution in [0.4, 0.5) is 0 Å². The van der Waals surface area contributed by atoms with E-state index in [9.17, 15) is 22.8 Å². The molecule has 0 aromatic carbocycles. The summed E-state index contributed by atoms with van der Waals surface area (Å²) < 4.78 is 26.7. The Kier molecular flexibility index (Phi) is 6.81. The molecular weight excluding hydrogens is 468 g/mol. The van der Waals surface area contributed by atoms with Crippen molar-refractivity contribution in [3.63, 3.8) is 0 Å². The molecule has 0 radical (unpaired) electrons. The maximum absolute atomic E-state index is 13.3. The number of nitrogens with zero attached hydrogens (tertiary/aromatic N) is 1. The van der Waals surface area contributed by atoms with Crippen molar-refractivity contribution in [3.05, 3.63) is 12.7 Å². The molecule has 0 bridgehead atoms. The first-order valence-corrected chi connectivity index (χ1v) is 13.8. The molecular formula is C22H33ClN4O5S. The van der Waals surface area contributed by atoms with E-state index in [1.165, 1.54) is 11.0 Å². The monoisotopic (exact) mass is 500 g/mol. The first-order chi connectivity index (χ1) is 15.6. The van der Waals surface area contributed by atoms with Crippen LogP contribution >= 0.6 is 11.6 Å². The van der Waals surface area contributed by atoms with Crippen molar-refractivity contribution in [2.45, 2.75) is 86.0 Å². The highest BCUT2D eigenvalue weighted by Crippen LogP contribution is 2.45. The van der Waals surface area contributed by atoms with Gasteiger partial charge in [-0.3, -0.25) is 19.1 Å². The molecule has 9 nitrogen and oxygen atoms in total. The summed E-state index contributed by atoms with van der Waals surface area (Å²) in [5.74, 6) is -1.88. The minimum absolute atomic E-state index is 0.0858. The lowest BCUT2D eigenvalue weighted by Crippen LogP contribution is -2.58. The van der Waals surface area contributed by atoms with Crippen molar-refractivity contribution in [3.8, 4) is 0 Å². The zero-order chi connectivity index (χ0) is 24.0. The quantitative estimate of drug-likeness (QED) is 0.332. The molecule has 184 valence electrons. The number of alkyl halides is 1. The van der Waals surface area contributed by atoms with E-state index >= 15 is 0 Å². The van der Waals surface area contributed by atoms with Crippen LogP contribution in [0.15, 0.2) is 12.7 Å². The molecule has 33 heavy (non-hydrogen) atoms. The predicted molar refractivity (Wildman–Crippen MR) is 124 cm³/mol. The molecule has 4 N–H and O–H groups in total. The summed E-state index contributed by atoms with van der Waals surface area (Å²) in [4.78, 5) is 40.8. The molecule has 1 aliphatic heterocycles. The summed E-state index contributed by atoms with van der Waals surface area (Å²) in [6.45, 7) is 3.90. The van der Waals surface area contributed by atoms with Gasteiger partial charge in [0.2, 0.25) is 21.8 Å². The standard InChI is InChI=1S/C22H33ClN4O5S/c1-2-14-11-22(14,21(30)26-33(31,32)16-8-9-16)25-19(28)17-10-15(23)12-27(17)20(29)18(24)13-6-4-3-5-7-13/h2,13-18H,1,3-12,24H2,(H,25,28)(H,26,30)/t14-,15-,17+,18+,22-/m1/s1. The average molecular weight is 501 g/mol. The van der Waals surface area contributed by atoms with Gasteiger partial charge >= 0.3 is 0 Å². The summed E-state index contributed by atoms with van der Waals surface area (Å²) in [7, 11) is -3.76. The molecule has 0 spiro atoms. The molecule has 4 aliphatic rings. The molecule has 3 saturated carbocycles. The van der Waals surface area contributed by atoms with E-state index in [1.807, 2.05) is 0 Å². The van der Waals surface area contributed by atoms with Crippen LogP contribution in [0.3, 0.4) is 0 Å². The molecule has 4 fully saturated rings. The topological polar surface area (TPSA) is 139 Å². The summed E-state index contributed by atoms with van der Waals surface area (Å²) in [6.07, 6.45) is 8.06. The van der Waals surface area contributed by atoms with Gasteiger partial charge in [0, 0.05) is 12.5 Å². The summed E-state index contributed by atoms with van der Waals surface area (Å²) >= 11 is 6.33. The van der Waals surface area contributed by atoms with Crippen molar-refractivity contribution in [1.82, 2.24) is 14.9 Å². The fraction of sp³-hybridized carbons (Fsp3) is 0.773. The SMILES string of the molecule is C=C[C@@H]1C[C@]1(NC(=O)[C@@H]1C[C@@H](Cl)CN1C(=O)[C@@H](N)C1CCCCC1)C(=O)NS(=O)(=O)C1CC1. The Morgan fingerprint density at radius 1 is 1.15 bits per heavy atom. The number of rotatable bonds is 8. The second kappa shape index (κ2) is 9.19. The van der Waals surface area contributed by atoms with Gasteiger partial charge in [-0.15, -0.1) is 18.2 Å². The zero-order valence-electron chi connectivity index (χ0n) is 18.7. The fourth-order valence-electron chi connectivity index (χ4n) is 5.18. The summed E-state index contributed by atoms with van der Waals surface area (Å²) in [5, 5.41) is 1.77. The number of nitrogens with one attached hydrogen (secondary N) is 2. The normalized spacial score (nSPS) is 33.3. The summed E-state index contributed by atoms with van der Waals surface area (Å²) in [6, 6.07) is -1.55. The molecule has 1 saturated heterocycles. The predicted octanol–water partition coefficient (Wildman–Crippen LogP) is 0.772. The highest BCUT2D eigenvalue weighted by Gasteiger charge is 2.61. The van der Waals surface area contributed by atoms with E-state index in [0.717, 1.165) is 32.1 Å². The van der Waals surface area contributed by atoms with E-state index in [2.05, 4.69) is 16.6 Å². The molecule has 11 heteroatoms. The lowest BCUT2D eigenvalue weighted by atomic mass is 9.83. The maximum Gasteiger partial charge on any atom is 0.259 e. The van der Waals surface area contributed by atoms with Gasteiger partial charge in [0.1, 0.15) is 11.6 Å². The smallest absolute Gasteiger partial charge is 0.259 e. The van der Waals surface area contributed by atoms with E-state index in [4.69, 9.17) is 17.3 Å². The highest BCUT2D eigenvalue weighted by molar-refractivity contribution is 7.91. The maximum atomic E-state index is 13.3. The summed E-state index contributed by atoms with van der Waals surface area (Å²) in [5.41, 5.74) is 4.92. The van der Waals surface area contributed by atoms with Crippen molar-refractivity contribution in [1.29, 1.82) is 0 Å². The fourth-order valence-corrected chi connectivity index (χ4v) is 6.86. The molecule has 0 unspecified atom stereocenters. The van der Waals surface area contributed by atoms with Gasteiger partial charge in [0.05, 0.1) is 16.7 Å². The Bertz CT molecular complexity index is 933. The lowest BCUT2D eigenvalue weighted by molar-refractivity contribution is -0.141. The number of amides is 3. The van der Waals surface area contributed by atoms with Crippen molar-refractivity contribution >= 4 is 39.3 Å². The number of sulfonamides is 1. The largest absolute Gasteiger partial charge is 0.339 e. The van der Waals surface area contributed by atoms with Crippen LogP contribution < -0.4 is 15.8 Å². The van der Waals surface area contributed by atoms with Crippen LogP contribution in [0.1, 0.15) is 57.8 Å². The molecule has 0 aromatic rings. The minimum Gasteiger partial charge on any atom is -0.339 e. The number of halogens is 1. The third-order valence-electron chi connectivity index (χ3n) is 7.53. The van der Waals surface area contributed by atoms with Crippen molar-refractivity contribution in [2.75, 3.05) is 6.54 Å². The Hall–Kier alpha value is -1.65. The van der Waals surface area contributed by atoms with Crippen molar-refractivity contribution < 1.29 is 22.8 Å². The lowest BCUT2D eigenvalue weighted by Gasteiger charge is -2.32.